The molecule has 3 rings (SSSR count). The Morgan fingerprint density at radius 1 is 0.971 bits per heavy atom. The van der Waals surface area contributed by atoms with Crippen LogP contribution in [-0.4, -0.2) is 41.9 Å². The van der Waals surface area contributed by atoms with Gasteiger partial charge in [0.1, 0.15) is 12.6 Å². The zero-order valence-electron chi connectivity index (χ0n) is 18.8. The van der Waals surface area contributed by atoms with Gasteiger partial charge in [-0.15, -0.1) is 0 Å². The van der Waals surface area contributed by atoms with E-state index in [-0.39, 0.29) is 12.5 Å². The summed E-state index contributed by atoms with van der Waals surface area (Å²) in [5, 5.41) is 14.3. The Labute approximate surface area is 199 Å². The third-order valence-corrected chi connectivity index (χ3v) is 5.35. The fraction of sp³-hybridized carbons (Fsp3) is 0.296. The van der Waals surface area contributed by atoms with Crippen molar-refractivity contribution in [3.8, 4) is 23.7 Å². The molecule has 34 heavy (non-hydrogen) atoms. The average molecular weight is 458 g/mol. The Balaban J connectivity index is 1.50. The second-order valence-electron chi connectivity index (χ2n) is 8.07. The van der Waals surface area contributed by atoms with Gasteiger partial charge in [-0.05, 0) is 72.7 Å². The predicted molar refractivity (Wildman–Crippen MR) is 130 cm³/mol. The molecular weight excluding hydrogens is 430 g/mol. The number of rotatable bonds is 9. The van der Waals surface area contributed by atoms with Crippen molar-refractivity contribution in [3.05, 3.63) is 65.2 Å². The molecule has 0 radical (unpaired) electrons. The van der Waals surface area contributed by atoms with Crippen LogP contribution in [0.25, 0.3) is 0 Å². The summed E-state index contributed by atoms with van der Waals surface area (Å²) >= 11 is 0. The summed E-state index contributed by atoms with van der Waals surface area (Å²) in [5.74, 6) is 11.2. The molecule has 0 aliphatic heterocycles. The zero-order chi connectivity index (χ0) is 24.3. The Hall–Kier alpha value is -3.91. The van der Waals surface area contributed by atoms with E-state index >= 15 is 0 Å². The predicted octanol–water partition coefficient (Wildman–Crippen LogP) is 1.84. The lowest BCUT2D eigenvalue weighted by Gasteiger charge is -2.14. The van der Waals surface area contributed by atoms with Crippen molar-refractivity contribution in [2.75, 3.05) is 18.5 Å². The van der Waals surface area contributed by atoms with Gasteiger partial charge in [0.25, 0.3) is 5.91 Å². The van der Waals surface area contributed by atoms with Gasteiger partial charge in [-0.3, -0.25) is 14.4 Å². The van der Waals surface area contributed by atoms with Crippen LogP contribution in [0.3, 0.4) is 0 Å². The maximum absolute atomic E-state index is 12.2. The quantitative estimate of drug-likeness (QED) is 0.428. The van der Waals surface area contributed by atoms with Crippen LogP contribution in [0.4, 0.5) is 5.69 Å². The van der Waals surface area contributed by atoms with E-state index in [1.165, 1.54) is 12.8 Å². The van der Waals surface area contributed by atoms with Crippen molar-refractivity contribution in [2.24, 2.45) is 11.7 Å². The average Bonchev–Trinajstić information content (AvgIpc) is 3.69. The molecule has 0 aromatic heterocycles. The van der Waals surface area contributed by atoms with Crippen LogP contribution in [0.1, 0.15) is 47.2 Å². The number of carbonyl (C=O) groups is 3. The number of amides is 2. The smallest absolute Gasteiger partial charge is 0.251 e. The first-order valence-electron chi connectivity index (χ1n) is 11.1. The normalized spacial score (nSPS) is 12.9. The summed E-state index contributed by atoms with van der Waals surface area (Å²) in [7, 11) is 0. The molecule has 1 aliphatic rings. The highest BCUT2D eigenvalue weighted by atomic mass is 16.3. The van der Waals surface area contributed by atoms with E-state index in [1.54, 1.807) is 24.3 Å². The third kappa shape index (κ3) is 7.90. The van der Waals surface area contributed by atoms with Crippen molar-refractivity contribution in [2.45, 2.75) is 31.7 Å². The molecule has 2 aromatic rings. The van der Waals surface area contributed by atoms with Crippen molar-refractivity contribution in [1.29, 1.82) is 0 Å². The van der Waals surface area contributed by atoms with Gasteiger partial charge >= 0.3 is 0 Å². The van der Waals surface area contributed by atoms with E-state index in [0.717, 1.165) is 23.6 Å². The van der Waals surface area contributed by atoms with Crippen LogP contribution in [0, 0.1) is 29.6 Å². The molecule has 1 atom stereocenters. The Morgan fingerprint density at radius 2 is 1.56 bits per heavy atom. The number of hydrogen-bond acceptors (Lipinski definition) is 5. The summed E-state index contributed by atoms with van der Waals surface area (Å²) < 4.78 is 0. The lowest BCUT2D eigenvalue weighted by molar-refractivity contribution is -0.123. The number of aliphatic hydroxyl groups excluding tert-OH is 1. The molecule has 0 unspecified atom stereocenters. The first-order chi connectivity index (χ1) is 16.5. The molecule has 0 saturated heterocycles. The lowest BCUT2D eigenvalue weighted by Crippen LogP contribution is -2.46. The highest BCUT2D eigenvalue weighted by Gasteiger charge is 2.21. The number of nitrogens with one attached hydrogen (secondary N) is 2. The van der Waals surface area contributed by atoms with E-state index in [1.807, 2.05) is 24.3 Å². The van der Waals surface area contributed by atoms with E-state index in [0.29, 0.717) is 17.5 Å². The van der Waals surface area contributed by atoms with Crippen LogP contribution in [0.5, 0.6) is 0 Å². The molecule has 7 heteroatoms. The standard InChI is InChI=1S/C27H27N3O4/c28-17-24(25(32)18-31)30-27(34)22-12-7-19(8-13-22)3-1-2-4-20-9-14-23(15-10-20)29-26(33)16-11-21-5-6-21/h7-10,12-15,21,24,31H,5-6,11,16-18,28H2,(H,29,33)(H,30,34)/t24-/m0/s1. The Morgan fingerprint density at radius 3 is 2.09 bits per heavy atom. The van der Waals surface area contributed by atoms with E-state index in [4.69, 9.17) is 10.8 Å². The van der Waals surface area contributed by atoms with Gasteiger partial charge in [0, 0.05) is 35.3 Å². The fourth-order valence-electron chi connectivity index (χ4n) is 3.14. The number of nitrogens with two attached hydrogens (primary N) is 1. The minimum absolute atomic E-state index is 0.0398. The number of Topliss-reactive ketones (excluding diaryl/α,β-unsaturated/α-hetero) is 1. The number of carbonyl (C=O) groups excluding carboxylic acids is 3. The Kier molecular flexibility index (Phi) is 8.99. The molecule has 2 aromatic carbocycles. The molecule has 1 saturated carbocycles. The first kappa shape index (κ1) is 24.7. The minimum Gasteiger partial charge on any atom is -0.388 e. The molecule has 1 fully saturated rings. The second kappa shape index (κ2) is 12.4. The molecule has 2 amide bonds. The summed E-state index contributed by atoms with van der Waals surface area (Å²) in [6.07, 6.45) is 4.02. The summed E-state index contributed by atoms with van der Waals surface area (Å²) in [4.78, 5) is 35.7. The summed E-state index contributed by atoms with van der Waals surface area (Å²) in [6.45, 7) is -0.774. The lowest BCUT2D eigenvalue weighted by atomic mass is 10.1. The van der Waals surface area contributed by atoms with Gasteiger partial charge in [-0.1, -0.05) is 24.7 Å². The van der Waals surface area contributed by atoms with Crippen molar-refractivity contribution >= 4 is 23.3 Å². The number of ketones is 1. The zero-order valence-corrected chi connectivity index (χ0v) is 18.8. The van der Waals surface area contributed by atoms with Gasteiger partial charge in [-0.25, -0.2) is 0 Å². The monoisotopic (exact) mass is 457 g/mol. The third-order valence-electron chi connectivity index (χ3n) is 5.35. The van der Waals surface area contributed by atoms with Crippen LogP contribution >= 0.6 is 0 Å². The topological polar surface area (TPSA) is 122 Å². The molecule has 0 heterocycles. The van der Waals surface area contributed by atoms with Gasteiger partial charge in [0.05, 0.1) is 0 Å². The highest BCUT2D eigenvalue weighted by Crippen LogP contribution is 2.33. The van der Waals surface area contributed by atoms with Gasteiger partial charge in [0.2, 0.25) is 5.91 Å². The van der Waals surface area contributed by atoms with Crippen LogP contribution in [0.2, 0.25) is 0 Å². The molecule has 5 N–H and O–H groups in total. The van der Waals surface area contributed by atoms with Crippen molar-refractivity contribution < 1.29 is 19.5 Å². The largest absolute Gasteiger partial charge is 0.388 e. The summed E-state index contributed by atoms with van der Waals surface area (Å²) in [6, 6.07) is 12.9. The number of hydrogen-bond donors (Lipinski definition) is 4. The molecular formula is C27H27N3O4. The van der Waals surface area contributed by atoms with Crippen LogP contribution in [0.15, 0.2) is 48.5 Å². The van der Waals surface area contributed by atoms with Crippen LogP contribution in [-0.2, 0) is 9.59 Å². The SMILES string of the molecule is NC[C@H](NC(=O)c1ccc(C#CC#Cc2ccc(NC(=O)CCC3CC3)cc2)cc1)C(=O)CO. The number of anilines is 1. The number of aliphatic hydroxyl groups is 1. The van der Waals surface area contributed by atoms with E-state index < -0.39 is 24.3 Å². The first-order valence-corrected chi connectivity index (χ1v) is 11.1. The van der Waals surface area contributed by atoms with Gasteiger partial charge < -0.3 is 21.5 Å². The van der Waals surface area contributed by atoms with Crippen molar-refractivity contribution in [1.82, 2.24) is 5.32 Å². The summed E-state index contributed by atoms with van der Waals surface area (Å²) in [5.41, 5.74) is 8.02. The minimum atomic E-state index is -0.926. The molecule has 0 bridgehead atoms. The van der Waals surface area contributed by atoms with Gasteiger partial charge in [-0.2, -0.15) is 0 Å². The van der Waals surface area contributed by atoms with Crippen molar-refractivity contribution in [3.63, 3.8) is 0 Å². The molecule has 0 spiro atoms. The number of benzene rings is 2. The maximum atomic E-state index is 12.2. The fourth-order valence-corrected chi connectivity index (χ4v) is 3.14. The Bertz CT molecular complexity index is 1140. The van der Waals surface area contributed by atoms with E-state index in [2.05, 4.69) is 34.3 Å². The van der Waals surface area contributed by atoms with Crippen LogP contribution < -0.4 is 16.4 Å². The second-order valence-corrected chi connectivity index (χ2v) is 8.07. The van der Waals surface area contributed by atoms with E-state index in [9.17, 15) is 14.4 Å². The highest BCUT2D eigenvalue weighted by molar-refractivity contribution is 5.98. The van der Waals surface area contributed by atoms with Gasteiger partial charge in [0.15, 0.2) is 5.78 Å². The molecule has 174 valence electrons. The molecule has 7 nitrogen and oxygen atoms in total. The maximum Gasteiger partial charge on any atom is 0.251 e. The molecule has 1 aliphatic carbocycles.